The van der Waals surface area contributed by atoms with Crippen LogP contribution in [0.15, 0.2) is 46.3 Å². The fourth-order valence-electron chi connectivity index (χ4n) is 12.0. The molecule has 0 amide bonds. The molecule has 26 heteroatoms. The maximum absolute atomic E-state index is 16.8. The lowest BCUT2D eigenvalue weighted by atomic mass is 9.81. The van der Waals surface area contributed by atoms with E-state index in [9.17, 15) is 17.6 Å². The van der Waals surface area contributed by atoms with E-state index in [4.69, 9.17) is 0 Å². The average molecular weight is 1120 g/mol. The normalized spacial score (nSPS) is 22.3. The minimum absolute atomic E-state index is 0.205. The van der Waals surface area contributed by atoms with Crippen molar-refractivity contribution in [2.75, 3.05) is 54.4 Å². The van der Waals surface area contributed by atoms with Gasteiger partial charge in [-0.05, 0) is 24.3 Å². The summed E-state index contributed by atoms with van der Waals surface area (Å²) in [5.41, 5.74) is -15.9. The quantitative estimate of drug-likeness (QED) is 0.0701. The van der Waals surface area contributed by atoms with Crippen LogP contribution in [0.5, 0.6) is 0 Å². The number of fused-ring (bicyclic) bond motifs is 13. The van der Waals surface area contributed by atoms with Crippen LogP contribution < -0.4 is 5.32 Å². The first-order valence-electron chi connectivity index (χ1n) is 23.2. The fraction of sp³-hybridized carbons (Fsp3) is 0.250. The molecule has 5 atom stereocenters. The van der Waals surface area contributed by atoms with Crippen molar-refractivity contribution in [3.63, 3.8) is 0 Å². The van der Waals surface area contributed by atoms with E-state index in [1.165, 1.54) is 28.2 Å². The molecule has 5 aliphatic rings. The summed E-state index contributed by atoms with van der Waals surface area (Å²) >= 11 is 0. The number of hydrogen-bond acceptors (Lipinski definition) is 2. The second-order valence-electron chi connectivity index (χ2n) is 20.9. The van der Waals surface area contributed by atoms with Gasteiger partial charge in [-0.25, -0.2) is 87.8 Å². The first-order chi connectivity index (χ1) is 36.5. The van der Waals surface area contributed by atoms with Gasteiger partial charge in [-0.1, -0.05) is 0 Å². The van der Waals surface area contributed by atoms with Crippen LogP contribution in [0, 0.1) is 140 Å². The van der Waals surface area contributed by atoms with Crippen molar-refractivity contribution in [3.05, 3.63) is 203 Å². The van der Waals surface area contributed by atoms with E-state index in [1.807, 2.05) is 0 Å². The fourth-order valence-corrected chi connectivity index (χ4v) is 12.0. The number of allylic oxidation sites excluding steroid dienone is 1. The first-order valence-corrected chi connectivity index (χ1v) is 23.2. The molecule has 3 fully saturated rings. The zero-order valence-corrected chi connectivity index (χ0v) is 39.9. The van der Waals surface area contributed by atoms with E-state index in [-0.39, 0.29) is 35.1 Å². The molecule has 78 heavy (non-hydrogen) atoms. The molecule has 6 nitrogen and oxygen atoms in total. The molecular formula is C52H32F20N6+2. The van der Waals surface area contributed by atoms with Gasteiger partial charge in [0.2, 0.25) is 23.3 Å². The highest BCUT2D eigenvalue weighted by molar-refractivity contribution is 6.28. The first kappa shape index (κ1) is 52.7. The van der Waals surface area contributed by atoms with Crippen LogP contribution in [0.1, 0.15) is 50.9 Å². The second kappa shape index (κ2) is 17.6. The van der Waals surface area contributed by atoms with E-state index in [1.54, 1.807) is 0 Å². The predicted octanol–water partition coefficient (Wildman–Crippen LogP) is 12.0. The summed E-state index contributed by atoms with van der Waals surface area (Å²) in [6.07, 6.45) is 0. The van der Waals surface area contributed by atoms with Gasteiger partial charge in [0.05, 0.1) is 112 Å². The van der Waals surface area contributed by atoms with Crippen LogP contribution in [0.3, 0.4) is 0 Å². The standard InChI is InChI=1S/C52H32F20N6/c1-77(2)9-13-15(11-77)51-28(27-35(59)43(67)48(72)44(68)36(27)60)52-16-12-78(3,4)10-14(16)50(76-52)23(26-33(57)41(65)47(71)42(66)34(26)58)20-8-6-18(74-20)21(24-29(53)37(61)45(69)38(62)30(24)54)17-5-7-19(73-17)22(49(13)75-51)25-31(55)39(63)46(70)40(64)32(25)56/h5-8,13-16,21,73-75H,9-12H2,1-4H3/q+2. The van der Waals surface area contributed by atoms with Gasteiger partial charge < -0.3 is 24.3 Å². The van der Waals surface area contributed by atoms with E-state index < -0.39 is 230 Å². The smallest absolute Gasteiger partial charge is 0.200 e. The van der Waals surface area contributed by atoms with Gasteiger partial charge in [-0.2, -0.15) is 0 Å². The van der Waals surface area contributed by atoms with Crippen molar-refractivity contribution in [1.82, 2.24) is 15.3 Å². The minimum Gasteiger partial charge on any atom is -0.360 e. The van der Waals surface area contributed by atoms with Crippen LogP contribution in [-0.4, -0.2) is 79.0 Å². The molecule has 0 saturated carbocycles. The van der Waals surface area contributed by atoms with E-state index in [0.717, 1.165) is 24.3 Å². The Bertz CT molecular complexity index is 3730. The van der Waals surface area contributed by atoms with Gasteiger partial charge in [0, 0.05) is 56.5 Å². The summed E-state index contributed by atoms with van der Waals surface area (Å²) in [7, 11) is 6.09. The highest BCUT2D eigenvalue weighted by atomic mass is 19.2. The molecule has 5 unspecified atom stereocenters. The molecule has 11 rings (SSSR count). The van der Waals surface area contributed by atoms with Gasteiger partial charge in [0.25, 0.3) is 0 Å². The number of halogens is 20. The van der Waals surface area contributed by atoms with Crippen molar-refractivity contribution in [3.8, 4) is 0 Å². The number of nitrogens with zero attached hydrogens (tertiary/aromatic N) is 3. The van der Waals surface area contributed by atoms with Crippen molar-refractivity contribution in [2.24, 2.45) is 28.7 Å². The Morgan fingerprint density at radius 1 is 0.359 bits per heavy atom. The highest BCUT2D eigenvalue weighted by Crippen LogP contribution is 2.54. The monoisotopic (exact) mass is 1120 g/mol. The van der Waals surface area contributed by atoms with Crippen LogP contribution in [0.4, 0.5) is 87.8 Å². The molecule has 0 spiro atoms. The van der Waals surface area contributed by atoms with Crippen molar-refractivity contribution >= 4 is 22.4 Å². The number of hydrogen-bond donors (Lipinski definition) is 3. The molecule has 8 bridgehead atoms. The lowest BCUT2D eigenvalue weighted by molar-refractivity contribution is -0.880. The zero-order valence-electron chi connectivity index (χ0n) is 39.9. The van der Waals surface area contributed by atoms with E-state index >= 15 is 70.2 Å². The molecule has 7 heterocycles. The SMILES string of the molecule is C[N+]1(C)CC2C3=NC(=C(c4c(F)c(F)c(F)c(F)c4F)c4ccc([nH]4)C(c4c(F)c(F)c(F)c(F)c4F)c4ccc([nH]4)C(c4c(F)c(F)c(F)c(F)c4F)=C4NC(=C3c3c(F)c(F)c(F)c(F)c3F)C3C[N+](C)(C)CC43)C2C1. The molecule has 3 N–H and O–H groups in total. The van der Waals surface area contributed by atoms with Crippen molar-refractivity contribution in [1.29, 1.82) is 0 Å². The highest BCUT2D eigenvalue weighted by Gasteiger charge is 2.56. The summed E-state index contributed by atoms with van der Waals surface area (Å²) < 4.78 is 315. The number of nitrogens with one attached hydrogen (secondary N) is 3. The van der Waals surface area contributed by atoms with Crippen molar-refractivity contribution < 1.29 is 96.8 Å². The summed E-state index contributed by atoms with van der Waals surface area (Å²) in [5.74, 6) is -59.4. The number of aromatic amines is 2. The van der Waals surface area contributed by atoms with Crippen molar-refractivity contribution in [2.45, 2.75) is 5.92 Å². The van der Waals surface area contributed by atoms with Gasteiger partial charge in [0.1, 0.15) is 0 Å². The summed E-state index contributed by atoms with van der Waals surface area (Å²) in [6, 6.07) is 3.10. The maximum atomic E-state index is 16.8. The second-order valence-corrected chi connectivity index (χ2v) is 20.9. The van der Waals surface area contributed by atoms with Gasteiger partial charge in [-0.15, -0.1) is 0 Å². The molecule has 2 aromatic heterocycles. The number of H-pyrrole nitrogens is 2. The predicted molar refractivity (Wildman–Crippen MR) is 235 cm³/mol. The summed E-state index contributed by atoms with van der Waals surface area (Å²) in [4.78, 5) is 9.53. The Hall–Kier alpha value is -7.35. The number of aliphatic imine (C=N–C) groups is 1. The summed E-state index contributed by atoms with van der Waals surface area (Å²) in [5, 5.41) is 2.73. The molecule has 408 valence electrons. The largest absolute Gasteiger partial charge is 0.360 e. The Labute approximate surface area is 425 Å². The topological polar surface area (TPSA) is 56.0 Å². The van der Waals surface area contributed by atoms with E-state index in [0.29, 0.717) is 0 Å². The Morgan fingerprint density at radius 3 is 1.08 bits per heavy atom. The summed E-state index contributed by atoms with van der Waals surface area (Å²) in [6.45, 7) is -1.08. The Balaban J connectivity index is 1.39. The van der Waals surface area contributed by atoms with Gasteiger partial charge in [0.15, 0.2) is 93.1 Å². The van der Waals surface area contributed by atoms with Crippen LogP contribution in [-0.2, 0) is 0 Å². The Kier molecular flexibility index (Phi) is 11.9. The molecule has 6 aromatic rings. The molecular weight excluding hydrogens is 1090 g/mol. The van der Waals surface area contributed by atoms with Gasteiger partial charge in [-0.3, -0.25) is 4.99 Å². The number of likely N-dealkylation sites (tertiary alicyclic amines) is 2. The molecule has 0 aliphatic carbocycles. The van der Waals surface area contributed by atoms with E-state index in [2.05, 4.69) is 20.3 Å². The zero-order chi connectivity index (χ0) is 56.6. The lowest BCUT2D eigenvalue weighted by Gasteiger charge is -2.28. The Morgan fingerprint density at radius 2 is 0.667 bits per heavy atom. The molecule has 5 aliphatic heterocycles. The van der Waals surface area contributed by atoms with Crippen LogP contribution in [0.25, 0.3) is 16.7 Å². The average Bonchev–Trinajstić information content (AvgIpc) is 4.37. The minimum atomic E-state index is -2.67. The third kappa shape index (κ3) is 7.36. The number of rotatable bonds is 4. The third-order valence-corrected chi connectivity index (χ3v) is 15.2. The number of quaternary nitrogens is 2. The molecule has 4 aromatic carbocycles. The maximum Gasteiger partial charge on any atom is 0.200 e. The lowest BCUT2D eigenvalue weighted by Crippen LogP contribution is -2.39. The number of benzene rings is 4. The molecule has 0 radical (unpaired) electrons. The van der Waals surface area contributed by atoms with Gasteiger partial charge >= 0.3 is 0 Å². The third-order valence-electron chi connectivity index (χ3n) is 15.2. The number of aromatic nitrogens is 2. The van der Waals surface area contributed by atoms with Crippen LogP contribution >= 0.6 is 0 Å². The molecule has 3 saturated heterocycles. The van der Waals surface area contributed by atoms with Crippen LogP contribution in [0.2, 0.25) is 0 Å².